The number of rotatable bonds is 10. The Hall–Kier alpha value is -1.78. The third-order valence-electron chi connectivity index (χ3n) is 3.52. The molecule has 0 atom stereocenters. The summed E-state index contributed by atoms with van der Waals surface area (Å²) in [5, 5.41) is 4.74. The molecule has 0 spiro atoms. The van der Waals surface area contributed by atoms with Crippen LogP contribution in [0.25, 0.3) is 0 Å². The Bertz CT molecular complexity index is 427. The molecular formula is C17H26N4+2. The highest BCUT2D eigenvalue weighted by molar-refractivity contribution is 5.06. The van der Waals surface area contributed by atoms with Crippen molar-refractivity contribution in [1.82, 2.24) is 9.97 Å². The third kappa shape index (κ3) is 6.97. The largest absolute Gasteiger partial charge is 0.342 e. The van der Waals surface area contributed by atoms with Crippen LogP contribution in [0.1, 0.15) is 30.4 Å². The summed E-state index contributed by atoms with van der Waals surface area (Å²) >= 11 is 0. The highest BCUT2D eigenvalue weighted by Gasteiger charge is 1.97. The maximum absolute atomic E-state index is 4.13. The lowest BCUT2D eigenvalue weighted by atomic mass is 10.2. The van der Waals surface area contributed by atoms with Gasteiger partial charge in [-0.2, -0.15) is 0 Å². The summed E-state index contributed by atoms with van der Waals surface area (Å²) in [6, 6.07) is 8.27. The third-order valence-corrected chi connectivity index (χ3v) is 3.52. The van der Waals surface area contributed by atoms with Gasteiger partial charge in [-0.05, 0) is 31.4 Å². The monoisotopic (exact) mass is 286 g/mol. The fraction of sp³-hybridized carbons (Fsp3) is 0.412. The summed E-state index contributed by atoms with van der Waals surface area (Å²) in [6.45, 7) is 4.50. The molecule has 2 aromatic rings. The number of nitrogens with two attached hydrogens (primary N) is 2. The first-order chi connectivity index (χ1) is 10.4. The predicted molar refractivity (Wildman–Crippen MR) is 83.3 cm³/mol. The molecule has 0 saturated heterocycles. The van der Waals surface area contributed by atoms with E-state index in [0.717, 1.165) is 13.1 Å². The first kappa shape index (κ1) is 15.6. The van der Waals surface area contributed by atoms with Gasteiger partial charge in [0.2, 0.25) is 0 Å². The molecule has 0 bridgehead atoms. The molecule has 0 unspecified atom stereocenters. The highest BCUT2D eigenvalue weighted by Crippen LogP contribution is 1.93. The van der Waals surface area contributed by atoms with Crippen LogP contribution in [0, 0.1) is 0 Å². The number of hydrogen-bond acceptors (Lipinski definition) is 2. The molecule has 4 nitrogen and oxygen atoms in total. The second-order valence-corrected chi connectivity index (χ2v) is 5.35. The topological polar surface area (TPSA) is 59.0 Å². The van der Waals surface area contributed by atoms with Crippen LogP contribution in [0.5, 0.6) is 0 Å². The molecule has 21 heavy (non-hydrogen) atoms. The summed E-state index contributed by atoms with van der Waals surface area (Å²) in [5.74, 6) is 0. The van der Waals surface area contributed by atoms with Gasteiger partial charge < -0.3 is 10.6 Å². The van der Waals surface area contributed by atoms with E-state index in [9.17, 15) is 0 Å². The number of aromatic nitrogens is 2. The van der Waals surface area contributed by atoms with Gasteiger partial charge in [0.1, 0.15) is 13.1 Å². The normalized spacial score (nSPS) is 10.7. The van der Waals surface area contributed by atoms with Gasteiger partial charge in [-0.3, -0.25) is 9.97 Å². The minimum atomic E-state index is 1.04. The molecule has 2 aromatic heterocycles. The smallest absolute Gasteiger partial charge is 0.103 e. The second-order valence-electron chi connectivity index (χ2n) is 5.35. The molecular weight excluding hydrogens is 260 g/mol. The zero-order valence-corrected chi connectivity index (χ0v) is 12.6. The molecule has 2 heterocycles. The first-order valence-corrected chi connectivity index (χ1v) is 7.86. The van der Waals surface area contributed by atoms with Crippen molar-refractivity contribution in [2.24, 2.45) is 0 Å². The summed E-state index contributed by atoms with van der Waals surface area (Å²) in [5.41, 5.74) is 2.62. The lowest BCUT2D eigenvalue weighted by molar-refractivity contribution is -0.674. The van der Waals surface area contributed by atoms with Gasteiger partial charge in [0.25, 0.3) is 0 Å². The van der Waals surface area contributed by atoms with Crippen molar-refractivity contribution in [2.75, 3.05) is 13.1 Å². The summed E-state index contributed by atoms with van der Waals surface area (Å²) in [6.07, 6.45) is 11.4. The average Bonchev–Trinajstić information content (AvgIpc) is 2.55. The summed E-state index contributed by atoms with van der Waals surface area (Å²) < 4.78 is 0. The fourth-order valence-corrected chi connectivity index (χ4v) is 2.33. The Morgan fingerprint density at radius 1 is 0.714 bits per heavy atom. The van der Waals surface area contributed by atoms with E-state index in [1.54, 1.807) is 0 Å². The molecule has 0 aromatic carbocycles. The zero-order valence-electron chi connectivity index (χ0n) is 12.6. The fourth-order valence-electron chi connectivity index (χ4n) is 2.33. The van der Waals surface area contributed by atoms with Crippen LogP contribution in [-0.4, -0.2) is 23.1 Å². The SMILES string of the molecule is c1cncc(C[NH2+]CCCCC[NH2+]Cc2cccnc2)c1. The summed E-state index contributed by atoms with van der Waals surface area (Å²) in [7, 11) is 0. The van der Waals surface area contributed by atoms with Gasteiger partial charge in [-0.15, -0.1) is 0 Å². The molecule has 0 amide bonds. The van der Waals surface area contributed by atoms with E-state index in [1.807, 2.05) is 36.9 Å². The average molecular weight is 286 g/mol. The Kier molecular flexibility index (Phi) is 7.45. The Balaban J connectivity index is 1.40. The van der Waals surface area contributed by atoms with Crippen LogP contribution in [0.4, 0.5) is 0 Å². The van der Waals surface area contributed by atoms with E-state index in [2.05, 4.69) is 32.7 Å². The number of pyridine rings is 2. The van der Waals surface area contributed by atoms with Gasteiger partial charge in [0, 0.05) is 35.9 Å². The standard InChI is InChI=1S/C17H24N4/c1(2-8-18-12-16-6-4-10-20-14-16)3-9-19-13-17-7-5-11-21-15-17/h4-7,10-11,14-15,18-19H,1-3,8-9,12-13H2/p+2. The quantitative estimate of drug-likeness (QED) is 0.624. The van der Waals surface area contributed by atoms with Crippen LogP contribution < -0.4 is 10.6 Å². The van der Waals surface area contributed by atoms with Crippen LogP contribution in [0.15, 0.2) is 49.1 Å². The molecule has 0 radical (unpaired) electrons. The van der Waals surface area contributed by atoms with Gasteiger partial charge in [-0.25, -0.2) is 0 Å². The lowest BCUT2D eigenvalue weighted by Crippen LogP contribution is -2.83. The van der Waals surface area contributed by atoms with E-state index in [4.69, 9.17) is 0 Å². The van der Waals surface area contributed by atoms with Crippen molar-refractivity contribution in [1.29, 1.82) is 0 Å². The molecule has 2 rings (SSSR count). The van der Waals surface area contributed by atoms with Crippen LogP contribution in [0.2, 0.25) is 0 Å². The van der Waals surface area contributed by atoms with Crippen molar-refractivity contribution in [2.45, 2.75) is 32.4 Å². The zero-order chi connectivity index (χ0) is 14.6. The van der Waals surface area contributed by atoms with Crippen LogP contribution in [-0.2, 0) is 13.1 Å². The number of hydrogen-bond donors (Lipinski definition) is 2. The minimum Gasteiger partial charge on any atom is -0.342 e. The van der Waals surface area contributed by atoms with E-state index in [-0.39, 0.29) is 0 Å². The van der Waals surface area contributed by atoms with Crippen LogP contribution >= 0.6 is 0 Å². The Labute approximate surface area is 127 Å². The Morgan fingerprint density at radius 2 is 1.24 bits per heavy atom. The van der Waals surface area contributed by atoms with Crippen molar-refractivity contribution in [3.05, 3.63) is 60.2 Å². The van der Waals surface area contributed by atoms with Crippen molar-refractivity contribution in [3.8, 4) is 0 Å². The maximum atomic E-state index is 4.13. The van der Waals surface area contributed by atoms with Crippen LogP contribution in [0.3, 0.4) is 0 Å². The first-order valence-electron chi connectivity index (χ1n) is 7.86. The molecule has 0 aliphatic rings. The second kappa shape index (κ2) is 10.0. The number of nitrogens with zero attached hydrogens (tertiary/aromatic N) is 2. The number of quaternary nitrogens is 2. The molecule has 112 valence electrons. The maximum Gasteiger partial charge on any atom is 0.103 e. The molecule has 0 aliphatic carbocycles. The van der Waals surface area contributed by atoms with Crippen molar-refractivity contribution < 1.29 is 10.6 Å². The molecule has 0 fully saturated rings. The van der Waals surface area contributed by atoms with E-state index in [1.165, 1.54) is 43.5 Å². The van der Waals surface area contributed by atoms with E-state index < -0.39 is 0 Å². The van der Waals surface area contributed by atoms with Gasteiger partial charge >= 0.3 is 0 Å². The predicted octanol–water partition coefficient (Wildman–Crippen LogP) is 0.474. The van der Waals surface area contributed by atoms with E-state index >= 15 is 0 Å². The van der Waals surface area contributed by atoms with Crippen molar-refractivity contribution in [3.63, 3.8) is 0 Å². The lowest BCUT2D eigenvalue weighted by Gasteiger charge is -2.03. The molecule has 4 heteroatoms. The van der Waals surface area contributed by atoms with Gasteiger partial charge in [0.05, 0.1) is 13.1 Å². The molecule has 4 N–H and O–H groups in total. The summed E-state index contributed by atoms with van der Waals surface area (Å²) in [4.78, 5) is 8.26. The molecule has 0 saturated carbocycles. The number of unbranched alkanes of at least 4 members (excludes halogenated alkanes) is 2. The van der Waals surface area contributed by atoms with Gasteiger partial charge in [0.15, 0.2) is 0 Å². The van der Waals surface area contributed by atoms with Crippen molar-refractivity contribution >= 4 is 0 Å². The van der Waals surface area contributed by atoms with E-state index in [0.29, 0.717) is 0 Å². The minimum absolute atomic E-state index is 1.04. The molecule has 0 aliphatic heterocycles. The van der Waals surface area contributed by atoms with Gasteiger partial charge in [-0.1, -0.05) is 12.1 Å². The highest BCUT2D eigenvalue weighted by atomic mass is 14.9. The Morgan fingerprint density at radius 3 is 1.67 bits per heavy atom.